The van der Waals surface area contributed by atoms with Gasteiger partial charge >= 0.3 is 0 Å². The van der Waals surface area contributed by atoms with Gasteiger partial charge in [0.05, 0.1) is 11.0 Å². The number of piperidine rings is 1. The van der Waals surface area contributed by atoms with Gasteiger partial charge in [0.1, 0.15) is 5.82 Å². The molecule has 0 unspecified atom stereocenters. The molecule has 3 fully saturated rings. The smallest absolute Gasteiger partial charge is 0.255 e. The van der Waals surface area contributed by atoms with E-state index in [1.165, 1.54) is 12.8 Å². The van der Waals surface area contributed by atoms with Crippen LogP contribution in [-0.2, 0) is 4.79 Å². The van der Waals surface area contributed by atoms with Gasteiger partial charge in [-0.25, -0.2) is 4.98 Å². The van der Waals surface area contributed by atoms with Crippen LogP contribution < -0.4 is 4.90 Å². The molecule has 1 saturated carbocycles. The normalized spacial score (nSPS) is 25.8. The average Bonchev–Trinajstić information content (AvgIpc) is 3.36. The van der Waals surface area contributed by atoms with E-state index in [0.29, 0.717) is 18.7 Å². The minimum absolute atomic E-state index is 0.00759. The van der Waals surface area contributed by atoms with Crippen molar-refractivity contribution in [2.24, 2.45) is 11.3 Å². The lowest BCUT2D eigenvalue weighted by Gasteiger charge is -2.39. The highest BCUT2D eigenvalue weighted by atomic mass is 16.2. The number of hydrogen-bond acceptors (Lipinski definition) is 4. The molecule has 2 aliphatic heterocycles. The van der Waals surface area contributed by atoms with Gasteiger partial charge in [0.25, 0.3) is 5.91 Å². The maximum Gasteiger partial charge on any atom is 0.255 e. The van der Waals surface area contributed by atoms with Crippen molar-refractivity contribution in [3.63, 3.8) is 0 Å². The van der Waals surface area contributed by atoms with Crippen LogP contribution in [0.3, 0.4) is 0 Å². The number of rotatable bonds is 4. The minimum atomic E-state index is -0.347. The molecule has 3 heterocycles. The fourth-order valence-electron chi connectivity index (χ4n) is 4.32. The number of nitrogens with zero attached hydrogens (tertiary/aromatic N) is 4. The third kappa shape index (κ3) is 3.17. The molecular formula is C20H28N4O2. The van der Waals surface area contributed by atoms with Gasteiger partial charge in [0.15, 0.2) is 0 Å². The maximum absolute atomic E-state index is 13.1. The molecule has 26 heavy (non-hydrogen) atoms. The van der Waals surface area contributed by atoms with Crippen LogP contribution in [0.1, 0.15) is 42.5 Å². The predicted octanol–water partition coefficient (Wildman–Crippen LogP) is 2.01. The standard InChI is InChI=1S/C20H28N4O2/c1-22(2)17-7-6-16(12-21-17)18(25)24-11-9-20(14-24)8-3-10-23(19(20)26)13-15-4-5-15/h6-7,12,15H,3-5,8-11,13-14H2,1-2H3/t20-/m0/s1. The number of anilines is 1. The topological polar surface area (TPSA) is 56.8 Å². The van der Waals surface area contributed by atoms with Crippen LogP contribution in [0, 0.1) is 11.3 Å². The summed E-state index contributed by atoms with van der Waals surface area (Å²) in [6.45, 7) is 3.03. The van der Waals surface area contributed by atoms with Crippen molar-refractivity contribution >= 4 is 17.6 Å². The van der Waals surface area contributed by atoms with Gasteiger partial charge in [0, 0.05) is 46.5 Å². The monoisotopic (exact) mass is 356 g/mol. The average molecular weight is 356 g/mol. The lowest BCUT2D eigenvalue weighted by molar-refractivity contribution is -0.145. The molecule has 0 aromatic carbocycles. The summed E-state index contributed by atoms with van der Waals surface area (Å²) in [4.78, 5) is 36.2. The van der Waals surface area contributed by atoms with Crippen LogP contribution >= 0.6 is 0 Å². The van der Waals surface area contributed by atoms with Gasteiger partial charge in [-0.05, 0) is 50.2 Å². The molecular weight excluding hydrogens is 328 g/mol. The summed E-state index contributed by atoms with van der Waals surface area (Å²) < 4.78 is 0. The first-order valence-electron chi connectivity index (χ1n) is 9.70. The Kier molecular flexibility index (Phi) is 4.37. The van der Waals surface area contributed by atoms with E-state index in [1.807, 2.05) is 36.0 Å². The maximum atomic E-state index is 13.1. The Labute approximate surface area is 155 Å². The number of aromatic nitrogens is 1. The van der Waals surface area contributed by atoms with Gasteiger partial charge in [-0.15, -0.1) is 0 Å². The van der Waals surface area contributed by atoms with Crippen molar-refractivity contribution in [1.29, 1.82) is 0 Å². The zero-order chi connectivity index (χ0) is 18.3. The Balaban J connectivity index is 1.45. The van der Waals surface area contributed by atoms with Crippen LogP contribution in [0.25, 0.3) is 0 Å². The van der Waals surface area contributed by atoms with E-state index in [4.69, 9.17) is 0 Å². The van der Waals surface area contributed by atoms with Crippen LogP contribution in [0.5, 0.6) is 0 Å². The van der Waals surface area contributed by atoms with Crippen molar-refractivity contribution in [3.8, 4) is 0 Å². The van der Waals surface area contributed by atoms with Gasteiger partial charge in [-0.2, -0.15) is 0 Å². The van der Waals surface area contributed by atoms with Crippen molar-refractivity contribution < 1.29 is 9.59 Å². The Morgan fingerprint density at radius 1 is 1.27 bits per heavy atom. The number of carbonyl (C=O) groups excluding carboxylic acids is 2. The number of carbonyl (C=O) groups is 2. The van der Waals surface area contributed by atoms with Crippen molar-refractivity contribution in [1.82, 2.24) is 14.8 Å². The van der Waals surface area contributed by atoms with E-state index in [-0.39, 0.29) is 17.2 Å². The van der Waals surface area contributed by atoms with Crippen molar-refractivity contribution in [2.75, 3.05) is 45.2 Å². The summed E-state index contributed by atoms with van der Waals surface area (Å²) >= 11 is 0. The van der Waals surface area contributed by atoms with Crippen LogP contribution in [0.4, 0.5) is 5.82 Å². The fourth-order valence-corrected chi connectivity index (χ4v) is 4.32. The Morgan fingerprint density at radius 2 is 2.08 bits per heavy atom. The van der Waals surface area contributed by atoms with Gasteiger partial charge in [-0.3, -0.25) is 9.59 Å². The third-order valence-electron chi connectivity index (χ3n) is 6.09. The molecule has 3 aliphatic rings. The quantitative estimate of drug-likeness (QED) is 0.828. The molecule has 1 aromatic rings. The fraction of sp³-hybridized carbons (Fsp3) is 0.650. The molecule has 0 bridgehead atoms. The van der Waals surface area contributed by atoms with Crippen LogP contribution in [0.15, 0.2) is 18.3 Å². The largest absolute Gasteiger partial charge is 0.363 e. The zero-order valence-corrected chi connectivity index (χ0v) is 15.8. The highest BCUT2D eigenvalue weighted by molar-refractivity contribution is 5.95. The summed E-state index contributed by atoms with van der Waals surface area (Å²) in [6.07, 6.45) is 6.93. The van der Waals surface area contributed by atoms with E-state index in [2.05, 4.69) is 9.88 Å². The van der Waals surface area contributed by atoms with E-state index in [0.717, 1.165) is 44.1 Å². The molecule has 1 atom stereocenters. The third-order valence-corrected chi connectivity index (χ3v) is 6.09. The minimum Gasteiger partial charge on any atom is -0.363 e. The second-order valence-corrected chi connectivity index (χ2v) is 8.35. The summed E-state index contributed by atoms with van der Waals surface area (Å²) in [5, 5.41) is 0. The summed E-state index contributed by atoms with van der Waals surface area (Å²) in [6, 6.07) is 3.69. The molecule has 4 rings (SSSR count). The van der Waals surface area contributed by atoms with Gasteiger partial charge < -0.3 is 14.7 Å². The summed E-state index contributed by atoms with van der Waals surface area (Å²) in [5.74, 6) is 1.82. The lowest BCUT2D eigenvalue weighted by Crippen LogP contribution is -2.50. The predicted molar refractivity (Wildman–Crippen MR) is 100 cm³/mol. The molecule has 1 spiro atoms. The van der Waals surface area contributed by atoms with Crippen molar-refractivity contribution in [2.45, 2.75) is 32.1 Å². The highest BCUT2D eigenvalue weighted by Gasteiger charge is 2.50. The highest BCUT2D eigenvalue weighted by Crippen LogP contribution is 2.42. The first-order valence-corrected chi connectivity index (χ1v) is 9.70. The zero-order valence-electron chi connectivity index (χ0n) is 15.8. The molecule has 6 nitrogen and oxygen atoms in total. The van der Waals surface area contributed by atoms with Crippen molar-refractivity contribution in [3.05, 3.63) is 23.9 Å². The number of amides is 2. The summed E-state index contributed by atoms with van der Waals surface area (Å²) in [7, 11) is 3.85. The molecule has 1 aromatic heterocycles. The second-order valence-electron chi connectivity index (χ2n) is 8.35. The number of likely N-dealkylation sites (tertiary alicyclic amines) is 2. The van der Waals surface area contributed by atoms with E-state index in [9.17, 15) is 9.59 Å². The SMILES string of the molecule is CN(C)c1ccc(C(=O)N2CC[C@@]3(CCCN(CC4CC4)C3=O)C2)cn1. The summed E-state index contributed by atoms with van der Waals surface area (Å²) in [5.41, 5.74) is 0.255. The van der Waals surface area contributed by atoms with Crippen LogP contribution in [0.2, 0.25) is 0 Å². The lowest BCUT2D eigenvalue weighted by atomic mass is 9.78. The van der Waals surface area contributed by atoms with E-state index >= 15 is 0 Å². The Bertz CT molecular complexity index is 698. The van der Waals surface area contributed by atoms with E-state index < -0.39 is 0 Å². The first-order chi connectivity index (χ1) is 12.5. The Hall–Kier alpha value is -2.11. The molecule has 6 heteroatoms. The molecule has 2 amide bonds. The van der Waals surface area contributed by atoms with Gasteiger partial charge in [-0.1, -0.05) is 0 Å². The number of pyridine rings is 1. The molecule has 0 radical (unpaired) electrons. The molecule has 0 N–H and O–H groups in total. The number of hydrogen-bond donors (Lipinski definition) is 0. The second kappa shape index (κ2) is 6.56. The van der Waals surface area contributed by atoms with Crippen LogP contribution in [-0.4, -0.2) is 66.9 Å². The van der Waals surface area contributed by atoms with E-state index in [1.54, 1.807) is 6.20 Å². The van der Waals surface area contributed by atoms with Gasteiger partial charge in [0.2, 0.25) is 5.91 Å². The molecule has 140 valence electrons. The Morgan fingerprint density at radius 3 is 2.73 bits per heavy atom. The first kappa shape index (κ1) is 17.3. The molecule has 1 aliphatic carbocycles. The molecule has 2 saturated heterocycles.